The molecule has 8 heteroatoms. The van der Waals surface area contributed by atoms with Crippen LogP contribution in [-0.4, -0.2) is 39.3 Å². The number of imidazole rings is 1. The number of aromatic nitrogens is 3. The van der Waals surface area contributed by atoms with Gasteiger partial charge in [0.15, 0.2) is 11.5 Å². The number of nitrogens with one attached hydrogen (secondary N) is 2. The lowest BCUT2D eigenvalue weighted by Crippen LogP contribution is -2.23. The molecular weight excluding hydrogens is 362 g/mol. The molecule has 2 heterocycles. The highest BCUT2D eigenvalue weighted by Gasteiger charge is 2.13. The molecular formula is C20H22F2N6. The van der Waals surface area contributed by atoms with Gasteiger partial charge < -0.3 is 9.72 Å². The van der Waals surface area contributed by atoms with E-state index in [1.54, 1.807) is 48.1 Å². The summed E-state index contributed by atoms with van der Waals surface area (Å²) in [4.78, 5) is 13.0. The third-order valence-electron chi connectivity index (χ3n) is 4.22. The molecule has 146 valence electrons. The molecule has 0 saturated heterocycles. The Labute approximate surface area is 161 Å². The van der Waals surface area contributed by atoms with E-state index in [1.807, 2.05) is 0 Å². The van der Waals surface area contributed by atoms with E-state index in [0.29, 0.717) is 47.8 Å². The molecule has 0 saturated carbocycles. The van der Waals surface area contributed by atoms with E-state index in [9.17, 15) is 8.78 Å². The van der Waals surface area contributed by atoms with E-state index in [2.05, 4.69) is 20.3 Å². The van der Waals surface area contributed by atoms with Crippen molar-refractivity contribution in [3.63, 3.8) is 0 Å². The molecule has 3 rings (SSSR count). The minimum absolute atomic E-state index is 0.0131. The lowest BCUT2D eigenvalue weighted by atomic mass is 10.1. The van der Waals surface area contributed by atoms with Crippen LogP contribution in [0, 0.1) is 11.2 Å². The van der Waals surface area contributed by atoms with Crippen LogP contribution in [0.2, 0.25) is 0 Å². The van der Waals surface area contributed by atoms with Crippen molar-refractivity contribution in [2.24, 2.45) is 4.99 Å². The average Bonchev–Trinajstić information content (AvgIpc) is 3.16. The molecule has 0 spiro atoms. The summed E-state index contributed by atoms with van der Waals surface area (Å²) in [5.41, 5.74) is 2.06. The smallest absolute Gasteiger partial charge is 0.174 e. The highest BCUT2D eigenvalue weighted by Crippen LogP contribution is 2.16. The average molecular weight is 384 g/mol. The van der Waals surface area contributed by atoms with Crippen molar-refractivity contribution >= 4 is 17.3 Å². The molecule has 6 nitrogen and oxygen atoms in total. The lowest BCUT2D eigenvalue weighted by Gasteiger charge is -2.09. The Kier molecular flexibility index (Phi) is 6.41. The second-order valence-electron chi connectivity index (χ2n) is 6.37. The van der Waals surface area contributed by atoms with Crippen LogP contribution >= 0.6 is 0 Å². The van der Waals surface area contributed by atoms with Crippen LogP contribution in [0.25, 0.3) is 5.65 Å². The molecule has 0 unspecified atom stereocenters. The van der Waals surface area contributed by atoms with Crippen molar-refractivity contribution < 1.29 is 8.78 Å². The number of nitrogens with zero attached hydrogens (tertiary/aromatic N) is 4. The molecule has 0 aliphatic heterocycles. The first-order valence-corrected chi connectivity index (χ1v) is 9.08. The van der Waals surface area contributed by atoms with Gasteiger partial charge in [0.25, 0.3) is 0 Å². The number of amidine groups is 2. The first-order chi connectivity index (χ1) is 13.6. The number of halogens is 2. The molecule has 28 heavy (non-hydrogen) atoms. The summed E-state index contributed by atoms with van der Waals surface area (Å²) < 4.78 is 27.9. The number of aliphatic imine (C=N–C) groups is 1. The van der Waals surface area contributed by atoms with E-state index in [0.717, 1.165) is 0 Å². The van der Waals surface area contributed by atoms with E-state index in [4.69, 9.17) is 5.41 Å². The zero-order chi connectivity index (χ0) is 19.9. The Morgan fingerprint density at radius 1 is 1.29 bits per heavy atom. The van der Waals surface area contributed by atoms with Gasteiger partial charge in [0.05, 0.1) is 12.4 Å². The summed E-state index contributed by atoms with van der Waals surface area (Å²) >= 11 is 0. The Hall–Kier alpha value is -3.16. The summed E-state index contributed by atoms with van der Waals surface area (Å²) in [5, 5.41) is 11.3. The fourth-order valence-corrected chi connectivity index (χ4v) is 2.80. The molecule has 0 amide bonds. The SMILES string of the molecule is C/C(=N/C(=N)c1cn2ccnc2c(Cc2ccccc2F)n1)NCCCCF. The second-order valence-corrected chi connectivity index (χ2v) is 6.37. The van der Waals surface area contributed by atoms with Gasteiger partial charge in [0.2, 0.25) is 0 Å². The van der Waals surface area contributed by atoms with Crippen molar-refractivity contribution in [3.05, 3.63) is 65.6 Å². The number of rotatable bonds is 7. The first kappa shape index (κ1) is 19.6. The minimum Gasteiger partial charge on any atom is -0.374 e. The van der Waals surface area contributed by atoms with Crippen LogP contribution < -0.4 is 5.32 Å². The monoisotopic (exact) mass is 384 g/mol. The van der Waals surface area contributed by atoms with Crippen LogP contribution in [0.1, 0.15) is 36.7 Å². The molecule has 0 aliphatic rings. The zero-order valence-electron chi connectivity index (χ0n) is 15.6. The summed E-state index contributed by atoms with van der Waals surface area (Å²) in [6.45, 7) is 2.01. The molecule has 0 radical (unpaired) electrons. The van der Waals surface area contributed by atoms with Crippen molar-refractivity contribution in [1.29, 1.82) is 5.41 Å². The van der Waals surface area contributed by atoms with E-state index >= 15 is 0 Å². The summed E-state index contributed by atoms with van der Waals surface area (Å²) in [7, 11) is 0. The highest BCUT2D eigenvalue weighted by atomic mass is 19.1. The number of unbranched alkanes of at least 4 members (excludes halogenated alkanes) is 1. The second kappa shape index (κ2) is 9.16. The Morgan fingerprint density at radius 2 is 2.11 bits per heavy atom. The summed E-state index contributed by atoms with van der Waals surface area (Å²) in [5.74, 6) is 0.244. The van der Waals surface area contributed by atoms with E-state index in [-0.39, 0.29) is 24.7 Å². The van der Waals surface area contributed by atoms with Crippen LogP contribution in [0.4, 0.5) is 8.78 Å². The Balaban J connectivity index is 1.84. The third-order valence-corrected chi connectivity index (χ3v) is 4.22. The molecule has 0 bridgehead atoms. The van der Waals surface area contributed by atoms with Crippen LogP contribution in [0.15, 0.2) is 47.8 Å². The zero-order valence-corrected chi connectivity index (χ0v) is 15.6. The van der Waals surface area contributed by atoms with Gasteiger partial charge in [-0.25, -0.2) is 19.4 Å². The fourth-order valence-electron chi connectivity index (χ4n) is 2.80. The van der Waals surface area contributed by atoms with Gasteiger partial charge in [-0.3, -0.25) is 9.80 Å². The van der Waals surface area contributed by atoms with Crippen molar-refractivity contribution in [1.82, 2.24) is 19.7 Å². The lowest BCUT2D eigenvalue weighted by molar-refractivity contribution is 0.461. The number of hydrogen-bond donors (Lipinski definition) is 2. The maximum Gasteiger partial charge on any atom is 0.174 e. The highest BCUT2D eigenvalue weighted by molar-refractivity contribution is 6.03. The van der Waals surface area contributed by atoms with Gasteiger partial charge in [0.1, 0.15) is 17.3 Å². The molecule has 2 N–H and O–H groups in total. The van der Waals surface area contributed by atoms with Gasteiger partial charge in [-0.1, -0.05) is 18.2 Å². The number of benzene rings is 1. The summed E-state index contributed by atoms with van der Waals surface area (Å²) in [6, 6.07) is 6.53. The molecule has 0 fully saturated rings. The van der Waals surface area contributed by atoms with Gasteiger partial charge in [-0.15, -0.1) is 0 Å². The van der Waals surface area contributed by atoms with Crippen molar-refractivity contribution in [2.45, 2.75) is 26.2 Å². The van der Waals surface area contributed by atoms with Gasteiger partial charge in [-0.2, -0.15) is 0 Å². The predicted octanol–water partition coefficient (Wildman–Crippen LogP) is 3.54. The standard InChI is InChI=1S/C20H22F2N6/c1-14(24-9-5-4-8-21)26-19(23)18-13-28-11-10-25-20(28)17(27-18)12-15-6-2-3-7-16(15)22/h2-3,6-7,10-11,13H,4-5,8-9,12H2,1H3,(H2,23,24,26). The van der Waals surface area contributed by atoms with Crippen LogP contribution in [0.5, 0.6) is 0 Å². The Bertz CT molecular complexity index is 995. The number of alkyl halides is 1. The van der Waals surface area contributed by atoms with Crippen molar-refractivity contribution in [2.75, 3.05) is 13.2 Å². The summed E-state index contributed by atoms with van der Waals surface area (Å²) in [6.07, 6.45) is 6.52. The topological polar surface area (TPSA) is 78.4 Å². The maximum absolute atomic E-state index is 14.1. The van der Waals surface area contributed by atoms with Gasteiger partial charge >= 0.3 is 0 Å². The number of hydrogen-bond acceptors (Lipinski definition) is 3. The number of fused-ring (bicyclic) bond motifs is 1. The molecule has 1 aromatic carbocycles. The van der Waals surface area contributed by atoms with Gasteiger partial charge in [-0.05, 0) is 31.4 Å². The Morgan fingerprint density at radius 3 is 2.89 bits per heavy atom. The minimum atomic E-state index is -0.340. The van der Waals surface area contributed by atoms with E-state index in [1.165, 1.54) is 6.07 Å². The third kappa shape index (κ3) is 4.76. The fraction of sp³-hybridized carbons (Fsp3) is 0.300. The van der Waals surface area contributed by atoms with Crippen LogP contribution in [-0.2, 0) is 6.42 Å². The molecule has 2 aromatic heterocycles. The van der Waals surface area contributed by atoms with Crippen LogP contribution in [0.3, 0.4) is 0 Å². The van der Waals surface area contributed by atoms with Gasteiger partial charge in [0, 0.05) is 31.6 Å². The quantitative estimate of drug-likeness (QED) is 0.372. The molecule has 0 aliphatic carbocycles. The van der Waals surface area contributed by atoms with E-state index < -0.39 is 0 Å². The maximum atomic E-state index is 14.1. The molecule has 3 aromatic rings. The predicted molar refractivity (Wildman–Crippen MR) is 105 cm³/mol. The normalized spacial score (nSPS) is 11.8. The largest absolute Gasteiger partial charge is 0.374 e. The molecule has 0 atom stereocenters. The van der Waals surface area contributed by atoms with Crippen molar-refractivity contribution in [3.8, 4) is 0 Å². The first-order valence-electron chi connectivity index (χ1n) is 9.08.